The molecule has 1 aliphatic carbocycles. The van der Waals surface area contributed by atoms with Crippen LogP contribution in [0.4, 0.5) is 8.78 Å². The maximum Gasteiger partial charge on any atom is 0.310 e. The second-order valence-corrected chi connectivity index (χ2v) is 10.8. The van der Waals surface area contributed by atoms with E-state index in [1.54, 1.807) is 24.3 Å². The maximum atomic E-state index is 13.8. The van der Waals surface area contributed by atoms with Crippen molar-refractivity contribution in [3.63, 3.8) is 0 Å². The first kappa shape index (κ1) is 28.2. The zero-order chi connectivity index (χ0) is 29.8. The van der Waals surface area contributed by atoms with Crippen LogP contribution in [-0.2, 0) is 20.7 Å². The van der Waals surface area contributed by atoms with E-state index in [2.05, 4.69) is 0 Å². The van der Waals surface area contributed by atoms with Gasteiger partial charge in [0.2, 0.25) is 0 Å². The highest BCUT2D eigenvalue weighted by Gasteiger charge is 2.43. The van der Waals surface area contributed by atoms with E-state index in [-0.39, 0.29) is 24.0 Å². The van der Waals surface area contributed by atoms with Crippen molar-refractivity contribution in [2.24, 2.45) is 11.0 Å². The van der Waals surface area contributed by atoms with Crippen LogP contribution in [0.5, 0.6) is 0 Å². The molecular weight excluding hydrogens is 546 g/mol. The van der Waals surface area contributed by atoms with Gasteiger partial charge in [-0.1, -0.05) is 78.9 Å². The van der Waals surface area contributed by atoms with E-state index in [0.29, 0.717) is 0 Å². The number of ether oxygens (including phenoxy) is 1. The lowest BCUT2D eigenvalue weighted by molar-refractivity contribution is -0.152. The number of carbonyl (C=O) groups excluding carboxylic acids is 2. The molecule has 216 valence electrons. The van der Waals surface area contributed by atoms with E-state index >= 15 is 0 Å². The Hall–Kier alpha value is -4.91. The molecule has 2 atom stereocenters. The highest BCUT2D eigenvalue weighted by molar-refractivity contribution is 6.08. The number of hydrazone groups is 1. The Morgan fingerprint density at radius 3 is 2.19 bits per heavy atom. The van der Waals surface area contributed by atoms with E-state index in [1.165, 1.54) is 29.3 Å². The van der Waals surface area contributed by atoms with Crippen molar-refractivity contribution < 1.29 is 23.1 Å². The van der Waals surface area contributed by atoms with Crippen LogP contribution >= 0.6 is 0 Å². The van der Waals surface area contributed by atoms with E-state index < -0.39 is 24.5 Å². The molecule has 0 aromatic heterocycles. The molecule has 1 aliphatic heterocycles. The van der Waals surface area contributed by atoms with Crippen molar-refractivity contribution in [3.05, 3.63) is 137 Å². The Labute approximate surface area is 249 Å². The van der Waals surface area contributed by atoms with Gasteiger partial charge in [0.15, 0.2) is 6.61 Å². The number of hydrogen-bond acceptors (Lipinski definition) is 4. The van der Waals surface area contributed by atoms with E-state index in [1.807, 2.05) is 60.7 Å². The third-order valence-electron chi connectivity index (χ3n) is 7.95. The lowest BCUT2D eigenvalue weighted by atomic mass is 9.77. The Kier molecular flexibility index (Phi) is 8.22. The first-order valence-electron chi connectivity index (χ1n) is 14.4. The van der Waals surface area contributed by atoms with Crippen LogP contribution in [0, 0.1) is 17.6 Å². The minimum Gasteiger partial charge on any atom is -0.455 e. The van der Waals surface area contributed by atoms with Crippen LogP contribution in [0.2, 0.25) is 0 Å². The van der Waals surface area contributed by atoms with Gasteiger partial charge in [-0.25, -0.2) is 13.8 Å². The minimum atomic E-state index is -0.514. The number of allylic oxidation sites excluding steroid dienone is 1. The summed E-state index contributed by atoms with van der Waals surface area (Å²) in [6.45, 7) is -0.459. The smallest absolute Gasteiger partial charge is 0.310 e. The van der Waals surface area contributed by atoms with Gasteiger partial charge in [-0.2, -0.15) is 5.10 Å². The van der Waals surface area contributed by atoms with Gasteiger partial charge in [0.1, 0.15) is 11.6 Å². The van der Waals surface area contributed by atoms with Crippen molar-refractivity contribution in [2.45, 2.75) is 31.7 Å². The molecule has 4 aromatic rings. The third kappa shape index (κ3) is 6.46. The van der Waals surface area contributed by atoms with Gasteiger partial charge in [-0.15, -0.1) is 0 Å². The largest absolute Gasteiger partial charge is 0.455 e. The number of halogens is 2. The number of amides is 1. The lowest BCUT2D eigenvalue weighted by Crippen LogP contribution is -2.34. The Morgan fingerprint density at radius 2 is 1.49 bits per heavy atom. The van der Waals surface area contributed by atoms with E-state index in [9.17, 15) is 18.4 Å². The molecular formula is C36H30F2N2O3. The average molecular weight is 577 g/mol. The Balaban J connectivity index is 1.18. The van der Waals surface area contributed by atoms with Crippen LogP contribution in [0.3, 0.4) is 0 Å². The first-order valence-corrected chi connectivity index (χ1v) is 14.4. The summed E-state index contributed by atoms with van der Waals surface area (Å²) in [7, 11) is 0. The van der Waals surface area contributed by atoms with Crippen molar-refractivity contribution in [3.8, 4) is 11.1 Å². The molecule has 1 amide bonds. The molecule has 0 N–H and O–H groups in total. The highest BCUT2D eigenvalue weighted by atomic mass is 19.1. The average Bonchev–Trinajstić information content (AvgIpc) is 3.43. The van der Waals surface area contributed by atoms with Crippen LogP contribution in [0.15, 0.2) is 114 Å². The highest BCUT2D eigenvalue weighted by Crippen LogP contribution is 2.44. The summed E-state index contributed by atoms with van der Waals surface area (Å²) in [4.78, 5) is 26.2. The van der Waals surface area contributed by atoms with Gasteiger partial charge in [-0.05, 0) is 83.0 Å². The number of esters is 1. The van der Waals surface area contributed by atoms with Crippen molar-refractivity contribution in [1.29, 1.82) is 0 Å². The first-order chi connectivity index (χ1) is 20.9. The fraction of sp³-hybridized carbons (Fsp3) is 0.194. The van der Waals surface area contributed by atoms with Gasteiger partial charge in [0, 0.05) is 5.92 Å². The fourth-order valence-corrected chi connectivity index (χ4v) is 5.83. The van der Waals surface area contributed by atoms with Crippen molar-refractivity contribution >= 4 is 23.7 Å². The number of carbonyl (C=O) groups is 2. The number of benzene rings is 4. The second-order valence-electron chi connectivity index (χ2n) is 10.8. The summed E-state index contributed by atoms with van der Waals surface area (Å²) in [6, 6.07) is 29.5. The van der Waals surface area contributed by atoms with Gasteiger partial charge in [0.25, 0.3) is 5.91 Å². The topological polar surface area (TPSA) is 59.0 Å². The molecule has 1 fully saturated rings. The summed E-state index contributed by atoms with van der Waals surface area (Å²) in [6.07, 6.45) is 4.45. The summed E-state index contributed by atoms with van der Waals surface area (Å²) in [5, 5.41) is 6.15. The quantitative estimate of drug-likeness (QED) is 0.214. The number of fused-ring (bicyclic) bond motifs is 1. The van der Waals surface area contributed by atoms with Crippen molar-refractivity contribution in [1.82, 2.24) is 5.01 Å². The predicted molar refractivity (Wildman–Crippen MR) is 162 cm³/mol. The monoisotopic (exact) mass is 576 g/mol. The van der Waals surface area contributed by atoms with Crippen LogP contribution in [0.1, 0.15) is 42.0 Å². The Morgan fingerprint density at radius 1 is 0.837 bits per heavy atom. The number of nitrogens with zero attached hydrogens (tertiary/aromatic N) is 2. The lowest BCUT2D eigenvalue weighted by Gasteiger charge is -2.29. The van der Waals surface area contributed by atoms with Crippen LogP contribution in [-0.4, -0.2) is 29.2 Å². The molecule has 1 heterocycles. The molecule has 4 aromatic carbocycles. The number of rotatable bonds is 7. The molecule has 0 bridgehead atoms. The molecule has 1 saturated carbocycles. The van der Waals surface area contributed by atoms with E-state index in [4.69, 9.17) is 9.84 Å². The predicted octanol–water partition coefficient (Wildman–Crippen LogP) is 7.54. The zero-order valence-corrected chi connectivity index (χ0v) is 23.5. The molecule has 2 aliphatic rings. The molecule has 0 saturated heterocycles. The summed E-state index contributed by atoms with van der Waals surface area (Å²) < 4.78 is 32.7. The van der Waals surface area contributed by atoms with Gasteiger partial charge < -0.3 is 4.74 Å². The standard InChI is InChI=1S/C36H30F2N2O3/c37-30-17-11-24(12-18-30)21-29-7-4-8-32-35(29)39-40(36(32)28-15-19-31(38)20-16-28)33(41)23-43-34(42)22-25-9-13-27(14-10-25)26-5-2-1-3-6-26/h1-3,5-6,9-21,32,36H,4,7-8,22-23H2/b29-21-/t32-,36+/m0/s1. The summed E-state index contributed by atoms with van der Waals surface area (Å²) in [5.41, 5.74) is 6.26. The molecule has 43 heavy (non-hydrogen) atoms. The summed E-state index contributed by atoms with van der Waals surface area (Å²) >= 11 is 0. The third-order valence-corrected chi connectivity index (χ3v) is 7.95. The normalized spacial score (nSPS) is 18.7. The molecule has 0 unspecified atom stereocenters. The molecule has 5 nitrogen and oxygen atoms in total. The van der Waals surface area contributed by atoms with Crippen LogP contribution < -0.4 is 0 Å². The molecule has 0 radical (unpaired) electrons. The van der Waals surface area contributed by atoms with Gasteiger partial charge >= 0.3 is 5.97 Å². The van der Waals surface area contributed by atoms with Gasteiger partial charge in [-0.3, -0.25) is 9.59 Å². The molecule has 7 heteroatoms. The molecule has 6 rings (SSSR count). The second kappa shape index (κ2) is 12.5. The number of hydrogen-bond donors (Lipinski definition) is 0. The zero-order valence-electron chi connectivity index (χ0n) is 23.5. The fourth-order valence-electron chi connectivity index (χ4n) is 5.83. The maximum absolute atomic E-state index is 13.8. The Bertz CT molecular complexity index is 1660. The van der Waals surface area contributed by atoms with Crippen LogP contribution in [0.25, 0.3) is 17.2 Å². The molecule has 0 spiro atoms. The van der Waals surface area contributed by atoms with Crippen molar-refractivity contribution in [2.75, 3.05) is 6.61 Å². The van der Waals surface area contributed by atoms with Gasteiger partial charge in [0.05, 0.1) is 18.2 Å². The SMILES string of the molecule is O=C(Cc1ccc(-c2ccccc2)cc1)OCC(=O)N1N=C2/C(=C\c3ccc(F)cc3)CCC[C@@H]2[C@H]1c1ccc(F)cc1. The minimum absolute atomic E-state index is 0.0332. The van der Waals surface area contributed by atoms with E-state index in [0.717, 1.165) is 58.4 Å². The summed E-state index contributed by atoms with van der Waals surface area (Å²) in [5.74, 6) is -1.75.